The lowest BCUT2D eigenvalue weighted by atomic mass is 10.2. The predicted octanol–water partition coefficient (Wildman–Crippen LogP) is 4.86. The van der Waals surface area contributed by atoms with Crippen LogP contribution in [0.5, 0.6) is 0 Å². The summed E-state index contributed by atoms with van der Waals surface area (Å²) in [5.74, 6) is 0. The molecule has 0 bridgehead atoms. The van der Waals surface area contributed by atoms with E-state index >= 15 is 0 Å². The largest absolute Gasteiger partial charge is 0.454 e. The fourth-order valence-corrected chi connectivity index (χ4v) is 4.02. The molecule has 72 valence electrons. The highest BCUT2D eigenvalue weighted by molar-refractivity contribution is 7.30. The number of hydrogen-bond acceptors (Lipinski definition) is 3. The number of furan rings is 1. The van der Waals surface area contributed by atoms with Crippen LogP contribution in [0.3, 0.4) is 0 Å². The molecule has 15 heavy (non-hydrogen) atoms. The van der Waals surface area contributed by atoms with Crippen molar-refractivity contribution in [1.82, 2.24) is 0 Å². The summed E-state index contributed by atoms with van der Waals surface area (Å²) >= 11 is 3.57. The van der Waals surface area contributed by atoms with E-state index in [0.717, 1.165) is 11.2 Å². The first-order chi connectivity index (χ1) is 7.43. The molecule has 4 rings (SSSR count). The summed E-state index contributed by atoms with van der Waals surface area (Å²) in [6.45, 7) is 0. The van der Waals surface area contributed by atoms with E-state index in [4.69, 9.17) is 4.42 Å². The van der Waals surface area contributed by atoms with Crippen molar-refractivity contribution in [3.8, 4) is 0 Å². The van der Waals surface area contributed by atoms with E-state index in [1.165, 1.54) is 19.5 Å². The third-order valence-electron chi connectivity index (χ3n) is 2.60. The molecule has 1 aromatic carbocycles. The molecule has 0 aliphatic rings. The lowest BCUT2D eigenvalue weighted by Crippen LogP contribution is -1.59. The van der Waals surface area contributed by atoms with Crippen LogP contribution in [0.15, 0.2) is 40.1 Å². The molecular formula is C12H6OS2. The van der Waals surface area contributed by atoms with Gasteiger partial charge in [-0.1, -0.05) is 12.1 Å². The minimum Gasteiger partial charge on any atom is -0.454 e. The number of benzene rings is 1. The summed E-state index contributed by atoms with van der Waals surface area (Å²) in [5, 5.41) is 3.32. The van der Waals surface area contributed by atoms with Crippen LogP contribution in [0.4, 0.5) is 0 Å². The Labute approximate surface area is 93.6 Å². The van der Waals surface area contributed by atoms with Gasteiger partial charge in [-0.25, -0.2) is 0 Å². The monoisotopic (exact) mass is 230 g/mol. The summed E-state index contributed by atoms with van der Waals surface area (Å²) in [6.07, 6.45) is 0. The number of fused-ring (bicyclic) bond motifs is 5. The van der Waals surface area contributed by atoms with E-state index < -0.39 is 0 Å². The minimum atomic E-state index is 1.02. The van der Waals surface area contributed by atoms with Crippen molar-refractivity contribution in [1.29, 1.82) is 0 Å². The van der Waals surface area contributed by atoms with Crippen molar-refractivity contribution >= 4 is 53.3 Å². The summed E-state index contributed by atoms with van der Waals surface area (Å²) in [4.78, 5) is 0. The van der Waals surface area contributed by atoms with Crippen LogP contribution < -0.4 is 0 Å². The van der Waals surface area contributed by atoms with Crippen LogP contribution in [-0.4, -0.2) is 0 Å². The molecule has 0 N–H and O–H groups in total. The van der Waals surface area contributed by atoms with Gasteiger partial charge in [0.15, 0.2) is 5.58 Å². The van der Waals surface area contributed by atoms with Gasteiger partial charge >= 0.3 is 0 Å². The van der Waals surface area contributed by atoms with E-state index in [9.17, 15) is 0 Å². The minimum absolute atomic E-state index is 1.02. The zero-order valence-electron chi connectivity index (χ0n) is 7.69. The van der Waals surface area contributed by atoms with E-state index in [1.54, 1.807) is 11.3 Å². The van der Waals surface area contributed by atoms with Crippen molar-refractivity contribution in [3.05, 3.63) is 35.7 Å². The fraction of sp³-hybridized carbons (Fsp3) is 0. The van der Waals surface area contributed by atoms with Crippen molar-refractivity contribution in [2.24, 2.45) is 0 Å². The average Bonchev–Trinajstić information content (AvgIpc) is 2.87. The summed E-state index contributed by atoms with van der Waals surface area (Å²) < 4.78 is 9.75. The molecule has 0 aliphatic heterocycles. The molecular weight excluding hydrogens is 224 g/mol. The highest BCUT2D eigenvalue weighted by atomic mass is 32.1. The predicted molar refractivity (Wildman–Crippen MR) is 67.0 cm³/mol. The molecule has 4 aromatic rings. The van der Waals surface area contributed by atoms with Gasteiger partial charge in [0.05, 0.1) is 9.40 Å². The molecule has 0 fully saturated rings. The third-order valence-corrected chi connectivity index (χ3v) is 4.81. The maximum atomic E-state index is 5.87. The number of thiophene rings is 2. The van der Waals surface area contributed by atoms with Crippen LogP contribution >= 0.6 is 22.7 Å². The van der Waals surface area contributed by atoms with E-state index in [0.29, 0.717) is 0 Å². The second-order valence-electron chi connectivity index (χ2n) is 3.47. The Bertz CT molecular complexity index is 772. The van der Waals surface area contributed by atoms with Gasteiger partial charge in [-0.15, -0.1) is 22.7 Å². The van der Waals surface area contributed by atoms with Crippen molar-refractivity contribution < 1.29 is 4.42 Å². The van der Waals surface area contributed by atoms with Gasteiger partial charge in [0.1, 0.15) is 5.58 Å². The van der Waals surface area contributed by atoms with Crippen molar-refractivity contribution in [2.75, 3.05) is 0 Å². The molecule has 3 heteroatoms. The molecule has 0 atom stereocenters. The Kier molecular flexibility index (Phi) is 1.38. The summed E-state index contributed by atoms with van der Waals surface area (Å²) in [5.41, 5.74) is 2.07. The van der Waals surface area contributed by atoms with E-state index in [-0.39, 0.29) is 0 Å². The SMILES string of the molecule is c1ccc2c(c1)sc1c2oc2ccsc21. The zero-order chi connectivity index (χ0) is 9.83. The normalized spacial score (nSPS) is 12.0. The van der Waals surface area contributed by atoms with E-state index in [1.807, 2.05) is 17.4 Å². The summed E-state index contributed by atoms with van der Waals surface area (Å²) in [7, 11) is 0. The molecule has 0 saturated carbocycles. The molecule has 3 heterocycles. The molecule has 0 spiro atoms. The summed E-state index contributed by atoms with van der Waals surface area (Å²) in [6, 6.07) is 10.5. The second-order valence-corrected chi connectivity index (χ2v) is 5.44. The highest BCUT2D eigenvalue weighted by Gasteiger charge is 2.13. The molecule has 1 nitrogen and oxygen atoms in total. The van der Waals surface area contributed by atoms with Gasteiger partial charge in [-0.3, -0.25) is 0 Å². The Hall–Kier alpha value is -1.32. The van der Waals surface area contributed by atoms with Crippen LogP contribution in [-0.2, 0) is 0 Å². The lowest BCUT2D eigenvalue weighted by molar-refractivity contribution is 0.674. The van der Waals surface area contributed by atoms with Crippen LogP contribution in [0, 0.1) is 0 Å². The molecule has 0 saturated heterocycles. The third kappa shape index (κ3) is 0.919. The molecule has 3 aromatic heterocycles. The van der Waals surface area contributed by atoms with Gasteiger partial charge in [0, 0.05) is 10.1 Å². The quantitative estimate of drug-likeness (QED) is 0.420. The van der Waals surface area contributed by atoms with Gasteiger partial charge in [-0.05, 0) is 23.6 Å². The Balaban J connectivity index is 2.39. The lowest BCUT2D eigenvalue weighted by Gasteiger charge is -1.85. The van der Waals surface area contributed by atoms with Gasteiger partial charge < -0.3 is 4.42 Å². The first kappa shape index (κ1) is 7.91. The maximum absolute atomic E-state index is 5.87. The van der Waals surface area contributed by atoms with Crippen LogP contribution in [0.25, 0.3) is 30.7 Å². The van der Waals surface area contributed by atoms with Gasteiger partial charge in [0.25, 0.3) is 0 Å². The smallest absolute Gasteiger partial charge is 0.154 e. The average molecular weight is 230 g/mol. The highest BCUT2D eigenvalue weighted by Crippen LogP contribution is 2.42. The Morgan fingerprint density at radius 1 is 1.00 bits per heavy atom. The second kappa shape index (κ2) is 2.62. The standard InChI is InChI=1S/C12H6OS2/c1-2-4-9-7(3-1)10-12(15-9)11-8(13-10)5-6-14-11/h1-6H. The van der Waals surface area contributed by atoms with Crippen molar-refractivity contribution in [2.45, 2.75) is 0 Å². The molecule has 0 aliphatic carbocycles. The Morgan fingerprint density at radius 2 is 1.93 bits per heavy atom. The van der Waals surface area contributed by atoms with Crippen LogP contribution in [0.1, 0.15) is 0 Å². The zero-order valence-corrected chi connectivity index (χ0v) is 9.32. The molecule has 0 radical (unpaired) electrons. The first-order valence-electron chi connectivity index (χ1n) is 4.71. The number of rotatable bonds is 0. The maximum Gasteiger partial charge on any atom is 0.154 e. The van der Waals surface area contributed by atoms with Crippen LogP contribution in [0.2, 0.25) is 0 Å². The first-order valence-corrected chi connectivity index (χ1v) is 6.40. The molecule has 0 amide bonds. The molecule has 0 unspecified atom stereocenters. The van der Waals surface area contributed by atoms with Gasteiger partial charge in [-0.2, -0.15) is 0 Å². The fourth-order valence-electron chi connectivity index (χ4n) is 1.93. The Morgan fingerprint density at radius 3 is 2.93 bits per heavy atom. The van der Waals surface area contributed by atoms with E-state index in [2.05, 4.69) is 29.6 Å². The van der Waals surface area contributed by atoms with Crippen molar-refractivity contribution in [3.63, 3.8) is 0 Å². The topological polar surface area (TPSA) is 13.1 Å². The number of hydrogen-bond donors (Lipinski definition) is 0. The van der Waals surface area contributed by atoms with Gasteiger partial charge in [0.2, 0.25) is 0 Å².